The zero-order chi connectivity index (χ0) is 16.9. The van der Waals surface area contributed by atoms with Gasteiger partial charge >= 0.3 is 0 Å². The van der Waals surface area contributed by atoms with Gasteiger partial charge in [-0.1, -0.05) is 37.3 Å². The van der Waals surface area contributed by atoms with Crippen LogP contribution in [0.2, 0.25) is 0 Å². The smallest absolute Gasteiger partial charge is 0.272 e. The molecule has 2 heterocycles. The van der Waals surface area contributed by atoms with Crippen LogP contribution in [0.4, 0.5) is 5.95 Å². The molecule has 1 aromatic carbocycles. The van der Waals surface area contributed by atoms with Gasteiger partial charge in [0.25, 0.3) is 5.91 Å². The molecule has 0 spiro atoms. The number of aromatic nitrogens is 2. The second-order valence-corrected chi connectivity index (χ2v) is 6.56. The summed E-state index contributed by atoms with van der Waals surface area (Å²) in [6.07, 6.45) is 3.80. The fraction of sp³-hybridized carbons (Fsp3) is 0.421. The normalized spacial score (nSPS) is 15.3. The minimum absolute atomic E-state index is 0.0126. The first-order chi connectivity index (χ1) is 11.6. The number of carbonyl (C=O) groups is 1. The van der Waals surface area contributed by atoms with E-state index < -0.39 is 0 Å². The number of likely N-dealkylation sites (tertiary alicyclic amines) is 1. The van der Waals surface area contributed by atoms with Crippen LogP contribution in [0.5, 0.6) is 0 Å². The third-order valence-electron chi connectivity index (χ3n) is 4.54. The van der Waals surface area contributed by atoms with Gasteiger partial charge in [-0.05, 0) is 30.4 Å². The Morgan fingerprint density at radius 1 is 1.21 bits per heavy atom. The monoisotopic (exact) mass is 324 g/mol. The van der Waals surface area contributed by atoms with E-state index in [1.807, 2.05) is 35.0 Å². The van der Waals surface area contributed by atoms with Crippen LogP contribution in [-0.2, 0) is 6.54 Å². The Balaban J connectivity index is 1.70. The van der Waals surface area contributed by atoms with Gasteiger partial charge in [0.1, 0.15) is 5.69 Å². The van der Waals surface area contributed by atoms with E-state index in [4.69, 9.17) is 0 Å². The van der Waals surface area contributed by atoms with Crippen molar-refractivity contribution in [3.63, 3.8) is 0 Å². The molecule has 0 unspecified atom stereocenters. The van der Waals surface area contributed by atoms with E-state index in [1.54, 1.807) is 12.3 Å². The molecular weight excluding hydrogens is 300 g/mol. The maximum absolute atomic E-state index is 12.7. The highest BCUT2D eigenvalue weighted by molar-refractivity contribution is 5.92. The Bertz CT molecular complexity index is 681. The highest BCUT2D eigenvalue weighted by Gasteiger charge is 2.22. The summed E-state index contributed by atoms with van der Waals surface area (Å²) in [4.78, 5) is 25.3. The summed E-state index contributed by atoms with van der Waals surface area (Å²) in [6.45, 7) is 4.58. The minimum atomic E-state index is 0.0126. The zero-order valence-corrected chi connectivity index (χ0v) is 14.4. The van der Waals surface area contributed by atoms with E-state index in [1.165, 1.54) is 5.56 Å². The molecular formula is C19H24N4O. The van der Waals surface area contributed by atoms with Gasteiger partial charge in [0.05, 0.1) is 0 Å². The summed E-state index contributed by atoms with van der Waals surface area (Å²) >= 11 is 0. The number of amides is 1. The molecule has 3 rings (SSSR count). The number of benzene rings is 1. The molecule has 1 aromatic heterocycles. The van der Waals surface area contributed by atoms with Crippen molar-refractivity contribution in [2.45, 2.75) is 26.3 Å². The molecule has 0 radical (unpaired) electrons. The van der Waals surface area contributed by atoms with Crippen molar-refractivity contribution in [1.29, 1.82) is 0 Å². The van der Waals surface area contributed by atoms with Gasteiger partial charge in [-0.15, -0.1) is 0 Å². The first-order valence-corrected chi connectivity index (χ1v) is 8.51. The third kappa shape index (κ3) is 3.91. The van der Waals surface area contributed by atoms with Gasteiger partial charge in [-0.3, -0.25) is 4.79 Å². The van der Waals surface area contributed by atoms with Crippen LogP contribution in [0, 0.1) is 5.92 Å². The van der Waals surface area contributed by atoms with Crippen LogP contribution in [0.25, 0.3) is 0 Å². The molecule has 5 nitrogen and oxygen atoms in total. The van der Waals surface area contributed by atoms with Crippen LogP contribution in [0.3, 0.4) is 0 Å². The first kappa shape index (κ1) is 16.4. The van der Waals surface area contributed by atoms with Crippen LogP contribution < -0.4 is 4.90 Å². The van der Waals surface area contributed by atoms with Crippen molar-refractivity contribution < 1.29 is 4.79 Å². The molecule has 1 aliphatic rings. The number of carbonyl (C=O) groups excluding carboxylic acids is 1. The SMILES string of the molecule is CC1CCN(C(=O)c2ccnc(N(C)Cc3ccccc3)n2)CC1. The summed E-state index contributed by atoms with van der Waals surface area (Å²) in [6, 6.07) is 11.9. The molecule has 1 saturated heterocycles. The van der Waals surface area contributed by atoms with E-state index >= 15 is 0 Å². The predicted octanol–water partition coefficient (Wildman–Crippen LogP) is 2.99. The summed E-state index contributed by atoms with van der Waals surface area (Å²) in [5.41, 5.74) is 1.67. The van der Waals surface area contributed by atoms with Crippen LogP contribution in [-0.4, -0.2) is 40.9 Å². The maximum Gasteiger partial charge on any atom is 0.272 e. The molecule has 1 fully saturated rings. The van der Waals surface area contributed by atoms with Gasteiger partial charge in [0, 0.05) is 32.9 Å². The average Bonchev–Trinajstić information content (AvgIpc) is 2.63. The van der Waals surface area contributed by atoms with Gasteiger partial charge in [-0.25, -0.2) is 9.97 Å². The average molecular weight is 324 g/mol. The lowest BCUT2D eigenvalue weighted by Crippen LogP contribution is -2.38. The minimum Gasteiger partial charge on any atom is -0.340 e. The largest absolute Gasteiger partial charge is 0.340 e. The van der Waals surface area contributed by atoms with E-state index in [9.17, 15) is 4.79 Å². The number of nitrogens with zero attached hydrogens (tertiary/aromatic N) is 4. The van der Waals surface area contributed by atoms with Gasteiger partial charge in [-0.2, -0.15) is 0 Å². The second-order valence-electron chi connectivity index (χ2n) is 6.56. The lowest BCUT2D eigenvalue weighted by atomic mass is 9.99. The van der Waals surface area contributed by atoms with Crippen molar-refractivity contribution in [2.24, 2.45) is 5.92 Å². The number of hydrogen-bond acceptors (Lipinski definition) is 4. The van der Waals surface area contributed by atoms with Gasteiger partial charge < -0.3 is 9.80 Å². The molecule has 0 aliphatic carbocycles. The van der Waals surface area contributed by atoms with Gasteiger partial charge in [0.2, 0.25) is 5.95 Å². The van der Waals surface area contributed by atoms with Gasteiger partial charge in [0.15, 0.2) is 0 Å². The lowest BCUT2D eigenvalue weighted by Gasteiger charge is -2.30. The Labute approximate surface area is 143 Å². The van der Waals surface area contributed by atoms with Crippen LogP contribution >= 0.6 is 0 Å². The van der Waals surface area contributed by atoms with E-state index in [0.717, 1.165) is 25.9 Å². The number of anilines is 1. The predicted molar refractivity (Wildman–Crippen MR) is 94.9 cm³/mol. The standard InChI is InChI=1S/C19H24N4O/c1-15-9-12-23(13-10-15)18(24)17-8-11-20-19(21-17)22(2)14-16-6-4-3-5-7-16/h3-8,11,15H,9-10,12-14H2,1-2H3. The Morgan fingerprint density at radius 2 is 1.92 bits per heavy atom. The molecule has 1 amide bonds. The van der Waals surface area contributed by atoms with Crippen molar-refractivity contribution in [1.82, 2.24) is 14.9 Å². The summed E-state index contributed by atoms with van der Waals surface area (Å²) in [5.74, 6) is 1.29. The fourth-order valence-electron chi connectivity index (χ4n) is 2.95. The highest BCUT2D eigenvalue weighted by Crippen LogP contribution is 2.18. The van der Waals surface area contributed by atoms with Crippen LogP contribution in [0.1, 0.15) is 35.8 Å². The molecule has 24 heavy (non-hydrogen) atoms. The number of piperidine rings is 1. The highest BCUT2D eigenvalue weighted by atomic mass is 16.2. The molecule has 126 valence electrons. The number of rotatable bonds is 4. The van der Waals surface area contributed by atoms with Crippen molar-refractivity contribution >= 4 is 11.9 Å². The van der Waals surface area contributed by atoms with E-state index in [2.05, 4.69) is 29.0 Å². The molecule has 1 aliphatic heterocycles. The summed E-state index contributed by atoms with van der Waals surface area (Å²) in [5, 5.41) is 0. The van der Waals surface area contributed by atoms with E-state index in [-0.39, 0.29) is 5.91 Å². The Kier molecular flexibility index (Phi) is 5.08. The molecule has 2 aromatic rings. The molecule has 5 heteroatoms. The van der Waals surface area contributed by atoms with Crippen LogP contribution in [0.15, 0.2) is 42.6 Å². The topological polar surface area (TPSA) is 49.3 Å². The summed E-state index contributed by atoms with van der Waals surface area (Å²) in [7, 11) is 1.94. The second kappa shape index (κ2) is 7.43. The lowest BCUT2D eigenvalue weighted by molar-refractivity contribution is 0.0691. The summed E-state index contributed by atoms with van der Waals surface area (Å²) < 4.78 is 0. The zero-order valence-electron chi connectivity index (χ0n) is 14.4. The fourth-order valence-corrected chi connectivity index (χ4v) is 2.95. The van der Waals surface area contributed by atoms with Crippen molar-refractivity contribution in [3.8, 4) is 0 Å². The number of hydrogen-bond donors (Lipinski definition) is 0. The van der Waals surface area contributed by atoms with Crippen molar-refractivity contribution in [2.75, 3.05) is 25.0 Å². The molecule has 0 bridgehead atoms. The maximum atomic E-state index is 12.7. The third-order valence-corrected chi connectivity index (χ3v) is 4.54. The van der Waals surface area contributed by atoms with Crippen molar-refractivity contribution in [3.05, 3.63) is 53.9 Å². The quantitative estimate of drug-likeness (QED) is 0.867. The Hall–Kier alpha value is -2.43. The molecule has 0 saturated carbocycles. The van der Waals surface area contributed by atoms with E-state index in [0.29, 0.717) is 24.1 Å². The molecule has 0 N–H and O–H groups in total. The first-order valence-electron chi connectivity index (χ1n) is 8.51. The Morgan fingerprint density at radius 3 is 2.62 bits per heavy atom. The molecule has 0 atom stereocenters.